The number of rotatable bonds is 4. The van der Waals surface area contributed by atoms with Gasteiger partial charge in [0.1, 0.15) is 11.5 Å². The molecule has 0 radical (unpaired) electrons. The van der Waals surface area contributed by atoms with E-state index in [0.29, 0.717) is 23.2 Å². The Bertz CT molecular complexity index is 1060. The second-order valence-corrected chi connectivity index (χ2v) is 7.42. The van der Waals surface area contributed by atoms with Gasteiger partial charge in [0.2, 0.25) is 0 Å². The maximum Gasteiger partial charge on any atom is 0.310 e. The van der Waals surface area contributed by atoms with Gasteiger partial charge in [0.25, 0.3) is 0 Å². The second kappa shape index (κ2) is 7.22. The van der Waals surface area contributed by atoms with E-state index in [-0.39, 0.29) is 18.9 Å². The molecule has 27 heavy (non-hydrogen) atoms. The zero-order valence-corrected chi connectivity index (χ0v) is 16.0. The molecule has 0 atom stereocenters. The third-order valence-corrected chi connectivity index (χ3v) is 5.70. The number of aliphatic imine (C=N–C) groups is 1. The summed E-state index contributed by atoms with van der Waals surface area (Å²) < 4.78 is 6.73. The average Bonchev–Trinajstić information content (AvgIpc) is 3.23. The van der Waals surface area contributed by atoms with Gasteiger partial charge in [0.05, 0.1) is 25.8 Å². The zero-order valence-electron chi connectivity index (χ0n) is 14.5. The molecule has 2 N–H and O–H groups in total. The molecule has 0 saturated heterocycles. The highest BCUT2D eigenvalue weighted by Gasteiger charge is 2.26. The van der Waals surface area contributed by atoms with Crippen LogP contribution in [0.2, 0.25) is 5.02 Å². The summed E-state index contributed by atoms with van der Waals surface area (Å²) in [5.74, 6) is 1.05. The van der Waals surface area contributed by atoms with Crippen molar-refractivity contribution in [3.8, 4) is 5.00 Å². The highest BCUT2D eigenvalue weighted by Crippen LogP contribution is 2.34. The van der Waals surface area contributed by atoms with Crippen molar-refractivity contribution in [3.05, 3.63) is 63.0 Å². The van der Waals surface area contributed by atoms with E-state index in [2.05, 4.69) is 10.2 Å². The maximum atomic E-state index is 11.8. The maximum absolute atomic E-state index is 11.8. The molecule has 9 heteroatoms. The number of carbonyl (C=O) groups excluding carboxylic acids is 1. The molecule has 0 spiro atoms. The average molecular weight is 402 g/mol. The number of methoxy groups -OCH3 is 1. The van der Waals surface area contributed by atoms with E-state index in [9.17, 15) is 4.79 Å². The van der Waals surface area contributed by atoms with E-state index >= 15 is 0 Å². The summed E-state index contributed by atoms with van der Waals surface area (Å²) in [7, 11) is 1.38. The molecule has 2 aromatic heterocycles. The minimum atomic E-state index is -0.300. The smallest absolute Gasteiger partial charge is 0.310 e. The summed E-state index contributed by atoms with van der Waals surface area (Å²) in [6.45, 7) is 0.611. The van der Waals surface area contributed by atoms with Crippen LogP contribution in [0.25, 0.3) is 5.00 Å². The van der Waals surface area contributed by atoms with Crippen LogP contribution in [-0.4, -0.2) is 33.6 Å². The van der Waals surface area contributed by atoms with Crippen molar-refractivity contribution >= 4 is 34.6 Å². The largest absolute Gasteiger partial charge is 0.469 e. The van der Waals surface area contributed by atoms with E-state index in [1.165, 1.54) is 18.4 Å². The lowest BCUT2D eigenvalue weighted by molar-refractivity contribution is -0.139. The van der Waals surface area contributed by atoms with Gasteiger partial charge in [0.15, 0.2) is 11.6 Å². The second-order valence-electron chi connectivity index (χ2n) is 5.90. The number of hydrogen-bond acceptors (Lipinski definition) is 7. The Balaban J connectivity index is 1.92. The lowest BCUT2D eigenvalue weighted by atomic mass is 10.0. The molecule has 3 aromatic rings. The van der Waals surface area contributed by atoms with Crippen molar-refractivity contribution in [2.24, 2.45) is 10.7 Å². The molecule has 1 aromatic carbocycles. The Morgan fingerprint density at radius 3 is 2.89 bits per heavy atom. The number of ether oxygens (including phenoxy) is 1. The number of esters is 1. The summed E-state index contributed by atoms with van der Waals surface area (Å²) in [4.78, 5) is 17.4. The fraction of sp³-hybridized carbons (Fsp3) is 0.222. The highest BCUT2D eigenvalue weighted by molar-refractivity contribution is 7.15. The van der Waals surface area contributed by atoms with Crippen molar-refractivity contribution < 1.29 is 9.53 Å². The fourth-order valence-corrected chi connectivity index (χ4v) is 4.42. The number of carbonyl (C=O) groups is 1. The van der Waals surface area contributed by atoms with Crippen LogP contribution in [0.15, 0.2) is 35.3 Å². The molecule has 0 aliphatic carbocycles. The molecule has 1 aliphatic heterocycles. The van der Waals surface area contributed by atoms with Gasteiger partial charge >= 0.3 is 5.97 Å². The van der Waals surface area contributed by atoms with Crippen LogP contribution in [0.3, 0.4) is 0 Å². The van der Waals surface area contributed by atoms with E-state index in [1.54, 1.807) is 0 Å². The molecular formula is C18H16ClN5O2S. The van der Waals surface area contributed by atoms with Gasteiger partial charge in [-0.15, -0.1) is 21.5 Å². The Hall–Kier alpha value is -2.55. The predicted octanol–water partition coefficient (Wildman–Crippen LogP) is 2.51. The summed E-state index contributed by atoms with van der Waals surface area (Å²) >= 11 is 7.90. The Morgan fingerprint density at radius 2 is 2.15 bits per heavy atom. The molecule has 0 bridgehead atoms. The first-order valence-corrected chi connectivity index (χ1v) is 9.44. The number of nitrogens with two attached hydrogens (primary N) is 1. The Morgan fingerprint density at radius 1 is 1.33 bits per heavy atom. The Labute approximate surface area is 164 Å². The monoisotopic (exact) mass is 401 g/mol. The quantitative estimate of drug-likeness (QED) is 0.677. The van der Waals surface area contributed by atoms with Crippen molar-refractivity contribution in [2.45, 2.75) is 19.5 Å². The Kier molecular flexibility index (Phi) is 4.77. The third-order valence-electron chi connectivity index (χ3n) is 4.26. The van der Waals surface area contributed by atoms with Gasteiger partial charge in [0, 0.05) is 21.0 Å². The molecule has 0 fully saturated rings. The normalized spacial score (nSPS) is 12.8. The first kappa shape index (κ1) is 17.8. The minimum absolute atomic E-state index is 0.180. The summed E-state index contributed by atoms with van der Waals surface area (Å²) in [5.41, 5.74) is 8.32. The van der Waals surface area contributed by atoms with Gasteiger partial charge in [-0.25, -0.2) is 0 Å². The number of benzene rings is 1. The van der Waals surface area contributed by atoms with Gasteiger partial charge in [-0.3, -0.25) is 14.4 Å². The SMILES string of the molecule is COC(=O)Cc1cc2c(s1)-n1c(CN)nnc1CN=C2c1ccccc1Cl. The molecule has 7 nitrogen and oxygen atoms in total. The van der Waals surface area contributed by atoms with Crippen LogP contribution in [0.4, 0.5) is 0 Å². The number of hydrogen-bond donors (Lipinski definition) is 1. The number of halogens is 1. The van der Waals surface area contributed by atoms with E-state index in [0.717, 1.165) is 26.7 Å². The van der Waals surface area contributed by atoms with Gasteiger partial charge in [-0.2, -0.15) is 0 Å². The third kappa shape index (κ3) is 3.16. The standard InChI is InChI=1S/C18H16ClN5O2S/c1-26-16(25)7-10-6-12-17(11-4-2-3-5-13(11)19)21-9-15-23-22-14(8-20)24(15)18(12)27-10/h2-6H,7-9,20H2,1H3. The predicted molar refractivity (Wildman–Crippen MR) is 104 cm³/mol. The number of aromatic nitrogens is 3. The summed E-state index contributed by atoms with van der Waals surface area (Å²) in [6, 6.07) is 9.51. The lowest BCUT2D eigenvalue weighted by Gasteiger charge is -2.09. The molecule has 3 heterocycles. The van der Waals surface area contributed by atoms with Crippen LogP contribution >= 0.6 is 22.9 Å². The molecule has 1 aliphatic rings. The van der Waals surface area contributed by atoms with Crippen LogP contribution < -0.4 is 5.73 Å². The summed E-state index contributed by atoms with van der Waals surface area (Å²) in [6.07, 6.45) is 0.180. The van der Waals surface area contributed by atoms with Crippen LogP contribution in [0.1, 0.15) is 27.7 Å². The lowest BCUT2D eigenvalue weighted by Crippen LogP contribution is -2.09. The van der Waals surface area contributed by atoms with Crippen molar-refractivity contribution in [3.63, 3.8) is 0 Å². The van der Waals surface area contributed by atoms with Crippen LogP contribution in [-0.2, 0) is 29.0 Å². The molecule has 0 saturated carbocycles. The van der Waals surface area contributed by atoms with E-state index < -0.39 is 0 Å². The molecule has 138 valence electrons. The van der Waals surface area contributed by atoms with Crippen LogP contribution in [0.5, 0.6) is 0 Å². The number of thiophene rings is 1. The number of fused-ring (bicyclic) bond motifs is 3. The topological polar surface area (TPSA) is 95.4 Å². The molecule has 4 rings (SSSR count). The van der Waals surface area contributed by atoms with Crippen molar-refractivity contribution in [1.29, 1.82) is 0 Å². The van der Waals surface area contributed by atoms with Crippen LogP contribution in [0, 0.1) is 0 Å². The van der Waals surface area contributed by atoms with E-state index in [1.807, 2.05) is 34.9 Å². The van der Waals surface area contributed by atoms with Gasteiger partial charge in [-0.05, 0) is 12.1 Å². The first-order chi connectivity index (χ1) is 13.1. The van der Waals surface area contributed by atoms with Crippen molar-refractivity contribution in [2.75, 3.05) is 7.11 Å². The zero-order chi connectivity index (χ0) is 19.0. The van der Waals surface area contributed by atoms with Gasteiger partial charge < -0.3 is 10.5 Å². The number of nitrogens with zero attached hydrogens (tertiary/aromatic N) is 4. The molecule has 0 amide bonds. The molecule has 0 unspecified atom stereocenters. The first-order valence-electron chi connectivity index (χ1n) is 8.25. The fourth-order valence-electron chi connectivity index (χ4n) is 3.01. The summed E-state index contributed by atoms with van der Waals surface area (Å²) in [5, 5.41) is 9.89. The molecular weight excluding hydrogens is 386 g/mol. The van der Waals surface area contributed by atoms with E-state index in [4.69, 9.17) is 27.1 Å². The highest BCUT2D eigenvalue weighted by atomic mass is 35.5. The van der Waals surface area contributed by atoms with Crippen molar-refractivity contribution in [1.82, 2.24) is 14.8 Å². The van der Waals surface area contributed by atoms with Gasteiger partial charge in [-0.1, -0.05) is 29.8 Å². The minimum Gasteiger partial charge on any atom is -0.469 e.